The van der Waals surface area contributed by atoms with Gasteiger partial charge in [-0.05, 0) is 16.3 Å². The summed E-state index contributed by atoms with van der Waals surface area (Å²) in [4.78, 5) is 27.9. The van der Waals surface area contributed by atoms with Gasteiger partial charge in [0.1, 0.15) is 5.71 Å². The summed E-state index contributed by atoms with van der Waals surface area (Å²) < 4.78 is 0. The Morgan fingerprint density at radius 3 is 2.54 bits per heavy atom. The second kappa shape index (κ2) is 7.25. The third kappa shape index (κ3) is 3.46. The Morgan fingerprint density at radius 2 is 1.77 bits per heavy atom. The summed E-state index contributed by atoms with van der Waals surface area (Å²) in [7, 11) is 0. The molecule has 26 heavy (non-hydrogen) atoms. The van der Waals surface area contributed by atoms with E-state index in [9.17, 15) is 9.59 Å². The third-order valence-corrected chi connectivity index (χ3v) is 5.08. The molecule has 0 saturated carbocycles. The minimum Gasteiger partial charge on any atom is -0.335 e. The minimum atomic E-state index is -0.124. The zero-order valence-electron chi connectivity index (χ0n) is 14.6. The molecule has 6 heteroatoms. The van der Waals surface area contributed by atoms with Gasteiger partial charge in [-0.2, -0.15) is 5.10 Å². The summed E-state index contributed by atoms with van der Waals surface area (Å²) >= 11 is 0. The average Bonchev–Trinajstić information content (AvgIpc) is 2.69. The van der Waals surface area contributed by atoms with Crippen molar-refractivity contribution in [1.29, 1.82) is 0 Å². The topological polar surface area (TPSA) is 65.0 Å². The Bertz CT molecular complexity index is 864. The quantitative estimate of drug-likeness (QED) is 0.917. The summed E-state index contributed by atoms with van der Waals surface area (Å²) in [6.45, 7) is 3.96. The monoisotopic (exact) mass is 350 g/mol. The second-order valence-electron chi connectivity index (χ2n) is 6.80. The van der Waals surface area contributed by atoms with E-state index in [0.29, 0.717) is 31.6 Å². The number of fused-ring (bicyclic) bond motifs is 1. The van der Waals surface area contributed by atoms with Gasteiger partial charge >= 0.3 is 0 Å². The number of carbonyl (C=O) groups is 2. The van der Waals surface area contributed by atoms with Gasteiger partial charge in [0.05, 0.1) is 0 Å². The van der Waals surface area contributed by atoms with E-state index < -0.39 is 0 Å². The molecule has 2 aromatic rings. The molecule has 0 aliphatic carbocycles. The fraction of sp³-hybridized carbons (Fsp3) is 0.350. The number of hydrogen-bond donors (Lipinski definition) is 1. The molecule has 0 radical (unpaired) electrons. The van der Waals surface area contributed by atoms with Crippen LogP contribution in [0.3, 0.4) is 0 Å². The van der Waals surface area contributed by atoms with Crippen molar-refractivity contribution in [3.05, 3.63) is 48.0 Å². The van der Waals surface area contributed by atoms with E-state index in [0.717, 1.165) is 19.6 Å². The van der Waals surface area contributed by atoms with Crippen LogP contribution in [0.15, 0.2) is 47.6 Å². The predicted octanol–water partition coefficient (Wildman–Crippen LogP) is 1.75. The van der Waals surface area contributed by atoms with E-state index in [4.69, 9.17) is 0 Å². The number of benzene rings is 2. The Balaban J connectivity index is 1.38. The predicted molar refractivity (Wildman–Crippen MR) is 101 cm³/mol. The molecule has 2 aliphatic rings. The molecule has 4 rings (SSSR count). The van der Waals surface area contributed by atoms with Crippen LogP contribution in [0.25, 0.3) is 10.8 Å². The van der Waals surface area contributed by atoms with Gasteiger partial charge in [0.15, 0.2) is 0 Å². The zero-order valence-corrected chi connectivity index (χ0v) is 14.6. The lowest BCUT2D eigenvalue weighted by molar-refractivity contribution is -0.126. The Hall–Kier alpha value is -2.73. The highest BCUT2D eigenvalue weighted by atomic mass is 16.2. The standard InChI is InChI=1S/C20H22N4O2/c25-19-9-8-18(21-22-19)20(26)24-12-10-23(11-13-24)14-16-6-3-5-15-4-1-2-7-17(15)16/h1-7H,8-14H2,(H,22,25). The van der Waals surface area contributed by atoms with E-state index in [1.807, 2.05) is 4.90 Å². The summed E-state index contributed by atoms with van der Waals surface area (Å²) in [5, 5.41) is 6.47. The number of piperazine rings is 1. The Labute approximate surface area is 152 Å². The van der Waals surface area contributed by atoms with Gasteiger partial charge in [0, 0.05) is 45.6 Å². The van der Waals surface area contributed by atoms with Crippen molar-refractivity contribution < 1.29 is 9.59 Å². The lowest BCUT2D eigenvalue weighted by Gasteiger charge is -2.35. The summed E-state index contributed by atoms with van der Waals surface area (Å²) in [6.07, 6.45) is 0.770. The van der Waals surface area contributed by atoms with Gasteiger partial charge in [-0.15, -0.1) is 0 Å². The minimum absolute atomic E-state index is 0.0465. The van der Waals surface area contributed by atoms with Crippen molar-refractivity contribution in [2.75, 3.05) is 26.2 Å². The van der Waals surface area contributed by atoms with Crippen LogP contribution in [0, 0.1) is 0 Å². The van der Waals surface area contributed by atoms with Crippen LogP contribution in [-0.2, 0) is 16.1 Å². The molecule has 134 valence electrons. The molecule has 0 spiro atoms. The summed E-state index contributed by atoms with van der Waals surface area (Å²) in [5.74, 6) is -0.170. The van der Waals surface area contributed by atoms with Gasteiger partial charge in [-0.3, -0.25) is 14.5 Å². The molecule has 1 fully saturated rings. The van der Waals surface area contributed by atoms with Crippen molar-refractivity contribution in [3.8, 4) is 0 Å². The van der Waals surface area contributed by atoms with Crippen molar-refractivity contribution in [2.45, 2.75) is 19.4 Å². The molecular formula is C20H22N4O2. The molecule has 2 amide bonds. The number of nitrogens with one attached hydrogen (secondary N) is 1. The molecule has 2 aromatic carbocycles. The second-order valence-corrected chi connectivity index (χ2v) is 6.80. The van der Waals surface area contributed by atoms with Crippen molar-refractivity contribution in [1.82, 2.24) is 15.2 Å². The van der Waals surface area contributed by atoms with Gasteiger partial charge in [0.25, 0.3) is 5.91 Å². The fourth-order valence-electron chi connectivity index (χ4n) is 3.59. The molecule has 2 heterocycles. The van der Waals surface area contributed by atoms with Crippen molar-refractivity contribution >= 4 is 28.3 Å². The van der Waals surface area contributed by atoms with E-state index in [1.165, 1.54) is 16.3 Å². The van der Waals surface area contributed by atoms with Gasteiger partial charge < -0.3 is 4.90 Å². The first-order chi connectivity index (χ1) is 12.7. The van der Waals surface area contributed by atoms with Crippen LogP contribution < -0.4 is 5.43 Å². The van der Waals surface area contributed by atoms with Crippen LogP contribution in [0.1, 0.15) is 18.4 Å². The van der Waals surface area contributed by atoms with E-state index in [-0.39, 0.29) is 11.8 Å². The summed E-state index contributed by atoms with van der Waals surface area (Å²) in [6, 6.07) is 14.9. The maximum absolute atomic E-state index is 12.5. The van der Waals surface area contributed by atoms with Crippen LogP contribution in [0.2, 0.25) is 0 Å². The van der Waals surface area contributed by atoms with E-state index in [1.54, 1.807) is 0 Å². The zero-order chi connectivity index (χ0) is 17.9. The first-order valence-corrected chi connectivity index (χ1v) is 9.04. The van der Waals surface area contributed by atoms with Gasteiger partial charge in [-0.1, -0.05) is 42.5 Å². The fourth-order valence-corrected chi connectivity index (χ4v) is 3.59. The Morgan fingerprint density at radius 1 is 1.00 bits per heavy atom. The number of carbonyl (C=O) groups excluding carboxylic acids is 2. The molecule has 2 aliphatic heterocycles. The van der Waals surface area contributed by atoms with Crippen LogP contribution in [0.5, 0.6) is 0 Å². The Kier molecular flexibility index (Phi) is 4.67. The van der Waals surface area contributed by atoms with E-state index in [2.05, 4.69) is 57.9 Å². The van der Waals surface area contributed by atoms with Gasteiger partial charge in [0.2, 0.25) is 5.91 Å². The highest BCUT2D eigenvalue weighted by molar-refractivity contribution is 6.39. The van der Waals surface area contributed by atoms with Gasteiger partial charge in [-0.25, -0.2) is 5.43 Å². The molecule has 6 nitrogen and oxygen atoms in total. The highest BCUT2D eigenvalue weighted by Gasteiger charge is 2.26. The van der Waals surface area contributed by atoms with Crippen LogP contribution >= 0.6 is 0 Å². The molecule has 0 bridgehead atoms. The van der Waals surface area contributed by atoms with Crippen molar-refractivity contribution in [3.63, 3.8) is 0 Å². The molecule has 0 unspecified atom stereocenters. The first kappa shape index (κ1) is 16.7. The number of nitrogens with zero attached hydrogens (tertiary/aromatic N) is 3. The third-order valence-electron chi connectivity index (χ3n) is 5.08. The highest BCUT2D eigenvalue weighted by Crippen LogP contribution is 2.20. The molecule has 1 N–H and O–H groups in total. The SMILES string of the molecule is O=C1CCC(C(=O)N2CCN(Cc3cccc4ccccc34)CC2)=NN1. The first-order valence-electron chi connectivity index (χ1n) is 9.04. The lowest BCUT2D eigenvalue weighted by Crippen LogP contribution is -2.51. The van der Waals surface area contributed by atoms with Crippen LogP contribution in [0.4, 0.5) is 0 Å². The number of hydrogen-bond acceptors (Lipinski definition) is 4. The maximum Gasteiger partial charge on any atom is 0.270 e. The van der Waals surface area contributed by atoms with Crippen molar-refractivity contribution in [2.24, 2.45) is 5.10 Å². The molecule has 1 saturated heterocycles. The summed E-state index contributed by atoms with van der Waals surface area (Å²) in [5.41, 5.74) is 4.19. The molecule has 0 aromatic heterocycles. The largest absolute Gasteiger partial charge is 0.335 e. The number of rotatable bonds is 3. The van der Waals surface area contributed by atoms with E-state index >= 15 is 0 Å². The normalized spacial score (nSPS) is 18.5. The maximum atomic E-state index is 12.5. The lowest BCUT2D eigenvalue weighted by atomic mass is 10.0. The smallest absolute Gasteiger partial charge is 0.270 e. The van der Waals surface area contributed by atoms with Crippen LogP contribution in [-0.4, -0.2) is 53.5 Å². The number of amides is 2. The molecule has 0 atom stereocenters. The number of hydrazone groups is 1. The molecular weight excluding hydrogens is 328 g/mol. The average molecular weight is 350 g/mol.